The van der Waals surface area contributed by atoms with Crippen LogP contribution >= 0.6 is 0 Å². The molecule has 0 amide bonds. The second kappa shape index (κ2) is 10.6. The topological polar surface area (TPSA) is 25.8 Å². The van der Waals surface area contributed by atoms with Crippen LogP contribution in [-0.4, -0.2) is 9.97 Å². The smallest absolute Gasteiger partial charge is 0.0970 e. The lowest BCUT2D eigenvalue weighted by atomic mass is 9.93. The summed E-state index contributed by atoms with van der Waals surface area (Å²) in [6.45, 7) is 0. The van der Waals surface area contributed by atoms with Crippen molar-refractivity contribution < 1.29 is 0 Å². The van der Waals surface area contributed by atoms with Gasteiger partial charge in [-0.15, -0.1) is 0 Å². The van der Waals surface area contributed by atoms with E-state index in [0.717, 1.165) is 21.8 Å². The van der Waals surface area contributed by atoms with Crippen LogP contribution in [0.4, 0.5) is 0 Å². The normalized spacial score (nSPS) is 11.8. The van der Waals surface area contributed by atoms with Crippen molar-refractivity contribution in [3.8, 4) is 66.8 Å². The largest absolute Gasteiger partial charge is 0.254 e. The molecule has 0 N–H and O–H groups in total. The Morgan fingerprint density at radius 3 is 1.44 bits per heavy atom. The zero-order valence-electron chi connectivity index (χ0n) is 26.1. The summed E-state index contributed by atoms with van der Waals surface area (Å²) in [6.07, 6.45) is 3.72. The van der Waals surface area contributed by atoms with Crippen molar-refractivity contribution in [2.45, 2.75) is 0 Å². The highest BCUT2D eigenvalue weighted by molar-refractivity contribution is 6.18. The fourth-order valence-corrected chi connectivity index (χ4v) is 7.61. The molecule has 7 aromatic carbocycles. The predicted molar refractivity (Wildman–Crippen MR) is 201 cm³/mol. The van der Waals surface area contributed by atoms with Crippen LogP contribution < -0.4 is 0 Å². The van der Waals surface area contributed by atoms with Gasteiger partial charge in [0, 0.05) is 23.2 Å². The van der Waals surface area contributed by atoms with E-state index in [9.17, 15) is 0 Å². The van der Waals surface area contributed by atoms with Crippen molar-refractivity contribution in [2.24, 2.45) is 0 Å². The van der Waals surface area contributed by atoms with Gasteiger partial charge in [-0.3, -0.25) is 9.97 Å². The molecule has 222 valence electrons. The lowest BCUT2D eigenvalue weighted by molar-refractivity contribution is 1.37. The zero-order valence-corrected chi connectivity index (χ0v) is 26.1. The lowest BCUT2D eigenvalue weighted by Gasteiger charge is -2.11. The lowest BCUT2D eigenvalue weighted by Crippen LogP contribution is -1.88. The van der Waals surface area contributed by atoms with Gasteiger partial charge in [0.05, 0.1) is 11.0 Å². The maximum atomic E-state index is 4.68. The van der Waals surface area contributed by atoms with Crippen LogP contribution in [0.25, 0.3) is 99.3 Å². The van der Waals surface area contributed by atoms with Crippen LogP contribution in [-0.2, 0) is 0 Å². The standard InChI is InChI=1S/C46H28N2/c1-2-7-39-38(6-1)41-9-3-8-40-36(24-25-42(39)44(40)41)33-18-14-31(15-19-33)29-10-12-30(13-11-29)32-16-20-34(21-17-32)37-26-28-48-46-43(37)23-22-35-5-4-27-47-45(35)46/h1-28H. The predicted octanol–water partition coefficient (Wildman–Crippen LogP) is 12.3. The Morgan fingerprint density at radius 2 is 0.792 bits per heavy atom. The van der Waals surface area contributed by atoms with Crippen LogP contribution in [0.2, 0.25) is 0 Å². The minimum Gasteiger partial charge on any atom is -0.254 e. The molecule has 0 atom stereocenters. The molecule has 0 unspecified atom stereocenters. The van der Waals surface area contributed by atoms with Gasteiger partial charge >= 0.3 is 0 Å². The van der Waals surface area contributed by atoms with Gasteiger partial charge in [-0.1, -0.05) is 146 Å². The van der Waals surface area contributed by atoms with Gasteiger partial charge in [0.1, 0.15) is 0 Å². The fourth-order valence-electron chi connectivity index (χ4n) is 7.61. The Balaban J connectivity index is 0.924. The summed E-state index contributed by atoms with van der Waals surface area (Å²) in [5.41, 5.74) is 16.9. The maximum Gasteiger partial charge on any atom is 0.0970 e. The Bertz CT molecular complexity index is 2660. The highest BCUT2D eigenvalue weighted by Crippen LogP contribution is 2.49. The molecule has 0 bridgehead atoms. The minimum absolute atomic E-state index is 0.939. The van der Waals surface area contributed by atoms with Crippen molar-refractivity contribution >= 4 is 32.6 Å². The minimum atomic E-state index is 0.939. The molecule has 9 aromatic rings. The van der Waals surface area contributed by atoms with Gasteiger partial charge in [0.25, 0.3) is 0 Å². The van der Waals surface area contributed by atoms with Crippen molar-refractivity contribution in [1.29, 1.82) is 0 Å². The second-order valence-electron chi connectivity index (χ2n) is 12.6. The van der Waals surface area contributed by atoms with Crippen molar-refractivity contribution in [3.63, 3.8) is 0 Å². The Labute approximate surface area is 278 Å². The average Bonchev–Trinajstić information content (AvgIpc) is 3.50. The number of rotatable bonds is 4. The quantitative estimate of drug-likeness (QED) is 0.186. The molecule has 0 saturated heterocycles. The highest BCUT2D eigenvalue weighted by atomic mass is 14.7. The summed E-state index contributed by atoms with van der Waals surface area (Å²) in [5.74, 6) is 0. The van der Waals surface area contributed by atoms with E-state index >= 15 is 0 Å². The SMILES string of the molecule is c1ccc2c(c1)-c1cccc3c(-c4ccc(-c5ccc(-c6ccc(-c7ccnc8c7ccc7cccnc78)cc6)cc5)cc4)ccc-2c13. The Kier molecular flexibility index (Phi) is 5.91. The summed E-state index contributed by atoms with van der Waals surface area (Å²) in [5, 5.41) is 4.90. The third-order valence-electron chi connectivity index (χ3n) is 9.97. The average molecular weight is 609 g/mol. The molecular weight excluding hydrogens is 581 g/mol. The molecule has 0 spiro atoms. The summed E-state index contributed by atoms with van der Waals surface area (Å²) >= 11 is 0. The van der Waals surface area contributed by atoms with Gasteiger partial charge in [-0.25, -0.2) is 0 Å². The van der Waals surface area contributed by atoms with E-state index < -0.39 is 0 Å². The number of pyridine rings is 2. The van der Waals surface area contributed by atoms with E-state index in [1.165, 1.54) is 77.5 Å². The zero-order chi connectivity index (χ0) is 31.6. The molecule has 0 fully saturated rings. The van der Waals surface area contributed by atoms with Gasteiger partial charge in [0.2, 0.25) is 0 Å². The molecule has 10 rings (SSSR count). The second-order valence-corrected chi connectivity index (χ2v) is 12.6. The number of fused-ring (bicyclic) bond motifs is 6. The molecule has 2 heteroatoms. The molecule has 2 heterocycles. The van der Waals surface area contributed by atoms with Gasteiger partial charge in [0.15, 0.2) is 0 Å². The van der Waals surface area contributed by atoms with E-state index in [1.54, 1.807) is 0 Å². The van der Waals surface area contributed by atoms with Crippen LogP contribution in [0, 0.1) is 0 Å². The number of benzene rings is 7. The summed E-state index contributed by atoms with van der Waals surface area (Å²) in [6, 6.07) is 57.2. The van der Waals surface area contributed by atoms with E-state index in [1.807, 2.05) is 18.5 Å². The van der Waals surface area contributed by atoms with Crippen molar-refractivity contribution in [1.82, 2.24) is 9.97 Å². The first-order chi connectivity index (χ1) is 23.8. The molecule has 1 aliphatic rings. The number of nitrogens with zero attached hydrogens (tertiary/aromatic N) is 2. The number of aromatic nitrogens is 2. The fraction of sp³-hybridized carbons (Fsp3) is 0. The van der Waals surface area contributed by atoms with E-state index in [4.69, 9.17) is 0 Å². The molecule has 0 aliphatic heterocycles. The molecule has 48 heavy (non-hydrogen) atoms. The first kappa shape index (κ1) is 26.8. The van der Waals surface area contributed by atoms with Gasteiger partial charge in [-0.2, -0.15) is 0 Å². The van der Waals surface area contributed by atoms with Crippen molar-refractivity contribution in [2.75, 3.05) is 0 Å². The van der Waals surface area contributed by atoms with Crippen molar-refractivity contribution in [3.05, 3.63) is 170 Å². The Hall–Kier alpha value is -6.38. The molecular formula is C46H28N2. The third-order valence-corrected chi connectivity index (χ3v) is 9.97. The molecule has 2 nitrogen and oxygen atoms in total. The molecule has 0 saturated carbocycles. The third kappa shape index (κ3) is 4.13. The molecule has 0 radical (unpaired) electrons. The summed E-state index contributed by atoms with van der Waals surface area (Å²) in [7, 11) is 0. The first-order valence-corrected chi connectivity index (χ1v) is 16.4. The number of hydrogen-bond donors (Lipinski definition) is 0. The van der Waals surface area contributed by atoms with Gasteiger partial charge in [-0.05, 0) is 89.7 Å². The van der Waals surface area contributed by atoms with E-state index in [0.29, 0.717) is 0 Å². The van der Waals surface area contributed by atoms with Gasteiger partial charge < -0.3 is 0 Å². The van der Waals surface area contributed by atoms with E-state index in [-0.39, 0.29) is 0 Å². The molecule has 1 aliphatic carbocycles. The summed E-state index contributed by atoms with van der Waals surface area (Å²) < 4.78 is 0. The van der Waals surface area contributed by atoms with Crippen LogP contribution in [0.15, 0.2) is 170 Å². The maximum absolute atomic E-state index is 4.68. The first-order valence-electron chi connectivity index (χ1n) is 16.4. The van der Waals surface area contributed by atoms with Crippen LogP contribution in [0.5, 0.6) is 0 Å². The highest BCUT2D eigenvalue weighted by Gasteiger charge is 2.22. The van der Waals surface area contributed by atoms with Crippen LogP contribution in [0.1, 0.15) is 0 Å². The summed E-state index contributed by atoms with van der Waals surface area (Å²) in [4.78, 5) is 9.29. The molecule has 2 aromatic heterocycles. The number of hydrogen-bond acceptors (Lipinski definition) is 2. The van der Waals surface area contributed by atoms with E-state index in [2.05, 4.69) is 162 Å². The monoisotopic (exact) mass is 608 g/mol. The Morgan fingerprint density at radius 1 is 0.271 bits per heavy atom. The van der Waals surface area contributed by atoms with Crippen LogP contribution in [0.3, 0.4) is 0 Å².